The van der Waals surface area contributed by atoms with Crippen molar-refractivity contribution < 1.29 is 14.1 Å². The quantitative estimate of drug-likeness (QED) is 0.693. The van der Waals surface area contributed by atoms with E-state index in [1.165, 1.54) is 12.1 Å². The molecule has 0 bridgehead atoms. The monoisotopic (exact) mass is 294 g/mol. The van der Waals surface area contributed by atoms with Gasteiger partial charge in [0.25, 0.3) is 11.6 Å². The van der Waals surface area contributed by atoms with Gasteiger partial charge in [0.2, 0.25) is 0 Å². The summed E-state index contributed by atoms with van der Waals surface area (Å²) in [5.74, 6) is 0.954. The van der Waals surface area contributed by atoms with Crippen LogP contribution in [0.3, 0.4) is 0 Å². The van der Waals surface area contributed by atoms with E-state index in [1.54, 1.807) is 19.1 Å². The number of nitrogens with zero attached hydrogens (tertiary/aromatic N) is 1. The van der Waals surface area contributed by atoms with Crippen LogP contribution >= 0.6 is 11.6 Å². The van der Waals surface area contributed by atoms with Crippen molar-refractivity contribution in [1.29, 1.82) is 0 Å². The average molecular weight is 295 g/mol. The van der Waals surface area contributed by atoms with Crippen molar-refractivity contribution in [3.05, 3.63) is 62.6 Å². The summed E-state index contributed by atoms with van der Waals surface area (Å²) in [5.41, 5.74) is 0.0220. The summed E-state index contributed by atoms with van der Waals surface area (Å²) >= 11 is 5.87. The number of carbonyl (C=O) groups is 1. The maximum atomic E-state index is 11.9. The number of carbonyl (C=O) groups excluding carboxylic acids is 1. The van der Waals surface area contributed by atoms with E-state index >= 15 is 0 Å². The van der Waals surface area contributed by atoms with E-state index in [1.807, 2.05) is 0 Å². The number of nitrogens with one attached hydrogen (secondary N) is 1. The van der Waals surface area contributed by atoms with Gasteiger partial charge >= 0.3 is 0 Å². The fourth-order valence-corrected chi connectivity index (χ4v) is 1.91. The lowest BCUT2D eigenvalue weighted by Crippen LogP contribution is -2.22. The van der Waals surface area contributed by atoms with E-state index in [0.29, 0.717) is 5.76 Å². The highest BCUT2D eigenvalue weighted by molar-refractivity contribution is 6.34. The third-order valence-electron chi connectivity index (χ3n) is 2.63. The third-order valence-corrected chi connectivity index (χ3v) is 2.94. The van der Waals surface area contributed by atoms with Crippen molar-refractivity contribution in [3.63, 3.8) is 0 Å². The number of hydrogen-bond acceptors (Lipinski definition) is 4. The summed E-state index contributed by atoms with van der Waals surface area (Å²) in [7, 11) is 0. The van der Waals surface area contributed by atoms with Crippen LogP contribution in [-0.4, -0.2) is 10.8 Å². The molecule has 2 rings (SSSR count). The molecule has 0 radical (unpaired) electrons. The maximum absolute atomic E-state index is 11.9. The van der Waals surface area contributed by atoms with E-state index in [-0.39, 0.29) is 22.8 Å². The maximum Gasteiger partial charge on any atom is 0.270 e. The molecule has 0 spiro atoms. The second-order valence-corrected chi connectivity index (χ2v) is 4.52. The largest absolute Gasteiger partial charge is 0.465 e. The van der Waals surface area contributed by atoms with Gasteiger partial charge in [-0.15, -0.1) is 0 Å². The van der Waals surface area contributed by atoms with Crippen LogP contribution in [0.4, 0.5) is 5.69 Å². The molecule has 20 heavy (non-hydrogen) atoms. The van der Waals surface area contributed by atoms with E-state index in [0.717, 1.165) is 11.8 Å². The van der Waals surface area contributed by atoms with E-state index < -0.39 is 10.8 Å². The first-order valence-electron chi connectivity index (χ1n) is 5.75. The minimum absolute atomic E-state index is 0.0346. The number of amides is 1. The summed E-state index contributed by atoms with van der Waals surface area (Å²) in [5, 5.41) is 13.2. The van der Waals surface area contributed by atoms with Crippen molar-refractivity contribution in [2.75, 3.05) is 0 Å². The first-order chi connectivity index (χ1) is 9.47. The molecular weight excluding hydrogens is 284 g/mol. The normalized spacial score (nSPS) is 10.3. The van der Waals surface area contributed by atoms with Gasteiger partial charge in [0, 0.05) is 12.1 Å². The summed E-state index contributed by atoms with van der Waals surface area (Å²) in [6.07, 6.45) is 0. The number of benzene rings is 1. The third kappa shape index (κ3) is 3.16. The zero-order valence-electron chi connectivity index (χ0n) is 10.6. The van der Waals surface area contributed by atoms with Crippen molar-refractivity contribution in [3.8, 4) is 0 Å². The highest BCUT2D eigenvalue weighted by Gasteiger charge is 2.15. The van der Waals surface area contributed by atoms with Gasteiger partial charge in [0.1, 0.15) is 11.5 Å². The molecule has 6 nitrogen and oxygen atoms in total. The van der Waals surface area contributed by atoms with Gasteiger partial charge in [-0.1, -0.05) is 11.6 Å². The molecule has 0 fully saturated rings. The number of furan rings is 1. The predicted octanol–water partition coefficient (Wildman–Crippen LogP) is 3.08. The van der Waals surface area contributed by atoms with Crippen LogP contribution in [0.2, 0.25) is 5.02 Å². The molecule has 1 heterocycles. The summed E-state index contributed by atoms with van der Waals surface area (Å²) in [6, 6.07) is 7.25. The van der Waals surface area contributed by atoms with Crippen LogP contribution < -0.4 is 5.32 Å². The second-order valence-electron chi connectivity index (χ2n) is 4.12. The number of nitro groups is 1. The Balaban J connectivity index is 2.07. The molecule has 7 heteroatoms. The van der Waals surface area contributed by atoms with Gasteiger partial charge in [-0.25, -0.2) is 0 Å². The minimum atomic E-state index is -0.570. The number of halogens is 1. The van der Waals surface area contributed by atoms with Gasteiger partial charge in [-0.2, -0.15) is 0 Å². The molecule has 0 aliphatic heterocycles. The summed E-state index contributed by atoms with van der Waals surface area (Å²) in [4.78, 5) is 21.9. The minimum Gasteiger partial charge on any atom is -0.465 e. The van der Waals surface area contributed by atoms with Crippen LogP contribution in [-0.2, 0) is 6.54 Å². The fraction of sp³-hybridized carbons (Fsp3) is 0.154. The van der Waals surface area contributed by atoms with Crippen LogP contribution in [0.15, 0.2) is 34.7 Å². The molecular formula is C13H11ClN2O4. The van der Waals surface area contributed by atoms with Crippen molar-refractivity contribution >= 4 is 23.2 Å². The molecule has 0 aliphatic rings. The van der Waals surface area contributed by atoms with Crippen LogP contribution in [0.1, 0.15) is 21.9 Å². The molecule has 0 aliphatic carbocycles. The topological polar surface area (TPSA) is 85.4 Å². The molecule has 0 saturated carbocycles. The number of aryl methyl sites for hydroxylation is 1. The Morgan fingerprint density at radius 3 is 2.70 bits per heavy atom. The number of rotatable bonds is 4. The predicted molar refractivity (Wildman–Crippen MR) is 72.7 cm³/mol. The summed E-state index contributed by atoms with van der Waals surface area (Å²) < 4.78 is 5.31. The number of non-ortho nitro benzene ring substituents is 1. The first kappa shape index (κ1) is 14.1. The van der Waals surface area contributed by atoms with Crippen molar-refractivity contribution in [2.45, 2.75) is 13.5 Å². The van der Waals surface area contributed by atoms with Crippen LogP contribution in [0.5, 0.6) is 0 Å². The Bertz CT molecular complexity index is 666. The van der Waals surface area contributed by atoms with Gasteiger partial charge in [-0.05, 0) is 25.1 Å². The molecule has 0 atom stereocenters. The van der Waals surface area contributed by atoms with E-state index in [4.69, 9.17) is 16.0 Å². The standard InChI is InChI=1S/C13H11ClN2O4/c1-8-2-4-10(20-8)7-15-13(17)11-5-3-9(16(18)19)6-12(11)14/h2-6H,7H2,1H3,(H,15,17). The van der Waals surface area contributed by atoms with Gasteiger partial charge in [-0.3, -0.25) is 14.9 Å². The number of nitro benzene ring substituents is 1. The lowest BCUT2D eigenvalue weighted by molar-refractivity contribution is -0.384. The Labute approximate surface area is 119 Å². The van der Waals surface area contributed by atoms with E-state index in [9.17, 15) is 14.9 Å². The molecule has 2 aromatic rings. The highest BCUT2D eigenvalue weighted by atomic mass is 35.5. The zero-order valence-corrected chi connectivity index (χ0v) is 11.3. The van der Waals surface area contributed by atoms with Crippen LogP contribution in [0.25, 0.3) is 0 Å². The molecule has 1 aromatic heterocycles. The smallest absolute Gasteiger partial charge is 0.270 e. The summed E-state index contributed by atoms with van der Waals surface area (Å²) in [6.45, 7) is 2.03. The zero-order chi connectivity index (χ0) is 14.7. The Morgan fingerprint density at radius 1 is 1.40 bits per heavy atom. The average Bonchev–Trinajstić information content (AvgIpc) is 2.81. The molecule has 1 N–H and O–H groups in total. The highest BCUT2D eigenvalue weighted by Crippen LogP contribution is 2.22. The SMILES string of the molecule is Cc1ccc(CNC(=O)c2ccc([N+](=O)[O-])cc2Cl)o1. The van der Waals surface area contributed by atoms with Crippen LogP contribution in [0, 0.1) is 17.0 Å². The molecule has 0 saturated heterocycles. The van der Waals surface area contributed by atoms with Gasteiger partial charge in [0.15, 0.2) is 0 Å². The van der Waals surface area contributed by atoms with Crippen molar-refractivity contribution in [1.82, 2.24) is 5.32 Å². The van der Waals surface area contributed by atoms with E-state index in [2.05, 4.69) is 5.32 Å². The van der Waals surface area contributed by atoms with Crippen molar-refractivity contribution in [2.24, 2.45) is 0 Å². The molecule has 1 amide bonds. The van der Waals surface area contributed by atoms with Gasteiger partial charge < -0.3 is 9.73 Å². The molecule has 1 aromatic carbocycles. The fourth-order valence-electron chi connectivity index (χ4n) is 1.64. The lowest BCUT2D eigenvalue weighted by atomic mass is 10.2. The Hall–Kier alpha value is -2.34. The Morgan fingerprint density at radius 2 is 2.15 bits per heavy atom. The van der Waals surface area contributed by atoms with Gasteiger partial charge in [0.05, 0.1) is 22.1 Å². The first-order valence-corrected chi connectivity index (χ1v) is 6.12. The number of hydrogen-bond donors (Lipinski definition) is 1. The molecule has 0 unspecified atom stereocenters. The Kier molecular flexibility index (Phi) is 4.05. The second kappa shape index (κ2) is 5.75. The lowest BCUT2D eigenvalue weighted by Gasteiger charge is -2.05. The molecule has 104 valence electrons.